The molecule has 1 aliphatic rings. The van der Waals surface area contributed by atoms with Crippen molar-refractivity contribution in [3.05, 3.63) is 80.6 Å². The van der Waals surface area contributed by atoms with Crippen molar-refractivity contribution in [1.29, 1.82) is 0 Å². The number of carboxylic acids is 1. The predicted octanol–water partition coefficient (Wildman–Crippen LogP) is 3.76. The number of aliphatic carboxylic acids is 1. The van der Waals surface area contributed by atoms with Crippen LogP contribution in [-0.2, 0) is 23.9 Å². The van der Waals surface area contributed by atoms with Gasteiger partial charge in [-0.15, -0.1) is 0 Å². The number of aryl methyl sites for hydroxylation is 2. The van der Waals surface area contributed by atoms with E-state index in [2.05, 4.69) is 0 Å². The normalized spacial score (nSPS) is 15.8. The van der Waals surface area contributed by atoms with Crippen LogP contribution >= 0.6 is 0 Å². The third kappa shape index (κ3) is 3.14. The molecule has 7 nitrogen and oxygen atoms in total. The smallest absolute Gasteiger partial charge is 0.332 e. The highest BCUT2D eigenvalue weighted by molar-refractivity contribution is 5.87. The Kier molecular flexibility index (Phi) is 5.00. The molecule has 0 amide bonds. The van der Waals surface area contributed by atoms with Gasteiger partial charge in [0.2, 0.25) is 0 Å². The minimum Gasteiger partial charge on any atom is -0.479 e. The van der Waals surface area contributed by atoms with Gasteiger partial charge in [0.15, 0.2) is 0 Å². The van der Waals surface area contributed by atoms with E-state index >= 15 is 0 Å². The standard InChI is InChI=1S/C26H27N3O4/c1-17-9-8-12-21-22(17)18(15-27(21)2)16-28-20-11-5-4-10-19(20)23(30)29(25(28)33)26(24(31)32)13-6-3-7-14-26/h4-5,8-12,15H,3,6-7,13-14,16H2,1-2H3,(H,31,32). The Morgan fingerprint density at radius 3 is 2.42 bits per heavy atom. The monoisotopic (exact) mass is 445 g/mol. The lowest BCUT2D eigenvalue weighted by Crippen LogP contribution is -2.56. The second-order valence-electron chi connectivity index (χ2n) is 9.16. The Bertz CT molecular complexity index is 1520. The van der Waals surface area contributed by atoms with Gasteiger partial charge in [0.05, 0.1) is 17.4 Å². The van der Waals surface area contributed by atoms with Crippen molar-refractivity contribution in [2.45, 2.75) is 51.1 Å². The first-order valence-electron chi connectivity index (χ1n) is 11.4. The number of carboxylic acid groups (broad SMARTS) is 1. The zero-order valence-corrected chi connectivity index (χ0v) is 18.9. The maximum Gasteiger partial charge on any atom is 0.332 e. The van der Waals surface area contributed by atoms with Crippen LogP contribution in [0.2, 0.25) is 0 Å². The molecule has 0 unspecified atom stereocenters. The fourth-order valence-corrected chi connectivity index (χ4v) is 5.54. The summed E-state index contributed by atoms with van der Waals surface area (Å²) in [5.74, 6) is -1.11. The SMILES string of the molecule is Cc1cccc2c1c(Cn1c(=O)n(C3(C(=O)O)CCCCC3)c(=O)c3ccccc31)cn2C. The molecule has 2 aromatic heterocycles. The highest BCUT2D eigenvalue weighted by Gasteiger charge is 2.44. The molecular formula is C26H27N3O4. The van der Waals surface area contributed by atoms with Gasteiger partial charge in [0, 0.05) is 24.1 Å². The molecule has 0 spiro atoms. The zero-order chi connectivity index (χ0) is 23.3. The van der Waals surface area contributed by atoms with Crippen LogP contribution in [0.15, 0.2) is 58.3 Å². The maximum atomic E-state index is 13.9. The van der Waals surface area contributed by atoms with Crippen LogP contribution in [0.1, 0.15) is 43.2 Å². The summed E-state index contributed by atoms with van der Waals surface area (Å²) >= 11 is 0. The molecule has 33 heavy (non-hydrogen) atoms. The van der Waals surface area contributed by atoms with E-state index in [-0.39, 0.29) is 19.4 Å². The van der Waals surface area contributed by atoms with Gasteiger partial charge in [-0.2, -0.15) is 0 Å². The molecule has 1 saturated carbocycles. The van der Waals surface area contributed by atoms with E-state index < -0.39 is 22.8 Å². The van der Waals surface area contributed by atoms with Crippen molar-refractivity contribution < 1.29 is 9.90 Å². The molecule has 0 saturated heterocycles. The molecule has 0 aliphatic heterocycles. The number of nitrogens with zero attached hydrogens (tertiary/aromatic N) is 3. The van der Waals surface area contributed by atoms with Gasteiger partial charge in [-0.1, -0.05) is 43.5 Å². The van der Waals surface area contributed by atoms with E-state index in [1.807, 2.05) is 42.9 Å². The van der Waals surface area contributed by atoms with Crippen LogP contribution in [0, 0.1) is 6.92 Å². The summed E-state index contributed by atoms with van der Waals surface area (Å²) < 4.78 is 4.63. The number of hydrogen-bond acceptors (Lipinski definition) is 3. The first kappa shape index (κ1) is 21.2. The largest absolute Gasteiger partial charge is 0.479 e. The summed E-state index contributed by atoms with van der Waals surface area (Å²) in [6, 6.07) is 13.1. The Balaban J connectivity index is 1.82. The van der Waals surface area contributed by atoms with Gasteiger partial charge in [-0.3, -0.25) is 9.36 Å². The van der Waals surface area contributed by atoms with Crippen molar-refractivity contribution >= 4 is 27.8 Å². The number of fused-ring (bicyclic) bond motifs is 2. The molecule has 5 rings (SSSR count). The van der Waals surface area contributed by atoms with Gasteiger partial charge < -0.3 is 9.67 Å². The molecule has 7 heteroatoms. The van der Waals surface area contributed by atoms with Gasteiger partial charge in [-0.25, -0.2) is 14.2 Å². The Hall–Kier alpha value is -3.61. The first-order chi connectivity index (χ1) is 15.8. The van der Waals surface area contributed by atoms with Crippen molar-refractivity contribution in [3.8, 4) is 0 Å². The molecule has 0 radical (unpaired) electrons. The number of para-hydroxylation sites is 1. The predicted molar refractivity (Wildman–Crippen MR) is 128 cm³/mol. The fraction of sp³-hybridized carbons (Fsp3) is 0.346. The average molecular weight is 446 g/mol. The third-order valence-electron chi connectivity index (χ3n) is 7.19. The fourth-order valence-electron chi connectivity index (χ4n) is 5.54. The molecule has 4 aromatic rings. The number of carbonyl (C=O) groups is 1. The van der Waals surface area contributed by atoms with Crippen molar-refractivity contribution in [3.63, 3.8) is 0 Å². The lowest BCUT2D eigenvalue weighted by Gasteiger charge is -2.34. The van der Waals surface area contributed by atoms with E-state index in [1.165, 1.54) is 0 Å². The minimum atomic E-state index is -1.51. The van der Waals surface area contributed by atoms with Gasteiger partial charge >= 0.3 is 11.7 Å². The van der Waals surface area contributed by atoms with E-state index in [0.717, 1.165) is 33.0 Å². The van der Waals surface area contributed by atoms with E-state index in [4.69, 9.17) is 0 Å². The minimum absolute atomic E-state index is 0.248. The summed E-state index contributed by atoms with van der Waals surface area (Å²) in [5, 5.41) is 11.6. The quantitative estimate of drug-likeness (QED) is 0.518. The molecule has 2 heterocycles. The third-order valence-corrected chi connectivity index (χ3v) is 7.19. The topological polar surface area (TPSA) is 86.2 Å². The second kappa shape index (κ2) is 7.76. The van der Waals surface area contributed by atoms with Gasteiger partial charge in [-0.05, 0) is 49.1 Å². The van der Waals surface area contributed by atoms with Gasteiger partial charge in [0.25, 0.3) is 5.56 Å². The van der Waals surface area contributed by atoms with E-state index in [0.29, 0.717) is 23.7 Å². The number of rotatable bonds is 4. The zero-order valence-electron chi connectivity index (χ0n) is 18.9. The molecule has 0 bridgehead atoms. The Morgan fingerprint density at radius 1 is 1.00 bits per heavy atom. The molecule has 170 valence electrons. The van der Waals surface area contributed by atoms with Crippen LogP contribution in [-0.4, -0.2) is 24.8 Å². The van der Waals surface area contributed by atoms with E-state index in [9.17, 15) is 19.5 Å². The molecule has 1 N–H and O–H groups in total. The molecule has 2 aromatic carbocycles. The first-order valence-corrected chi connectivity index (χ1v) is 11.4. The van der Waals surface area contributed by atoms with Crippen molar-refractivity contribution in [2.24, 2.45) is 7.05 Å². The summed E-state index contributed by atoms with van der Waals surface area (Å²) in [6.07, 6.45) is 4.82. The van der Waals surface area contributed by atoms with Crippen LogP contribution in [0.3, 0.4) is 0 Å². The summed E-state index contributed by atoms with van der Waals surface area (Å²) in [5.41, 5.74) is 1.04. The summed E-state index contributed by atoms with van der Waals surface area (Å²) in [6.45, 7) is 2.28. The summed E-state index contributed by atoms with van der Waals surface area (Å²) in [7, 11) is 1.97. The van der Waals surface area contributed by atoms with Crippen LogP contribution < -0.4 is 11.2 Å². The molecule has 1 aliphatic carbocycles. The Labute approximate surface area is 190 Å². The highest BCUT2D eigenvalue weighted by Crippen LogP contribution is 2.34. The number of benzene rings is 2. The van der Waals surface area contributed by atoms with Crippen LogP contribution in [0.5, 0.6) is 0 Å². The van der Waals surface area contributed by atoms with Crippen molar-refractivity contribution in [1.82, 2.24) is 13.7 Å². The Morgan fingerprint density at radius 2 is 1.70 bits per heavy atom. The van der Waals surface area contributed by atoms with E-state index in [1.54, 1.807) is 28.8 Å². The maximum absolute atomic E-state index is 13.9. The molecule has 0 atom stereocenters. The van der Waals surface area contributed by atoms with Gasteiger partial charge in [0.1, 0.15) is 5.54 Å². The average Bonchev–Trinajstić information content (AvgIpc) is 3.13. The van der Waals surface area contributed by atoms with Crippen molar-refractivity contribution in [2.75, 3.05) is 0 Å². The lowest BCUT2D eigenvalue weighted by atomic mass is 9.81. The molecule has 1 fully saturated rings. The highest BCUT2D eigenvalue weighted by atomic mass is 16.4. The number of aromatic nitrogens is 3. The second-order valence-corrected chi connectivity index (χ2v) is 9.16. The van der Waals surface area contributed by atoms with Crippen LogP contribution in [0.25, 0.3) is 21.8 Å². The molecular weight excluding hydrogens is 418 g/mol. The lowest BCUT2D eigenvalue weighted by molar-refractivity contribution is -0.150. The summed E-state index contributed by atoms with van der Waals surface area (Å²) in [4.78, 5) is 39.9. The number of hydrogen-bond donors (Lipinski definition) is 1. The van der Waals surface area contributed by atoms with Crippen LogP contribution in [0.4, 0.5) is 0 Å².